The highest BCUT2D eigenvalue weighted by molar-refractivity contribution is 6.36. The van der Waals surface area contributed by atoms with Crippen LogP contribution in [0.25, 0.3) is 0 Å². The van der Waals surface area contributed by atoms with E-state index in [1.54, 1.807) is 0 Å². The predicted molar refractivity (Wildman–Crippen MR) is 118 cm³/mol. The van der Waals surface area contributed by atoms with E-state index in [2.05, 4.69) is 5.32 Å². The van der Waals surface area contributed by atoms with Crippen molar-refractivity contribution < 1.29 is 57.1 Å². The van der Waals surface area contributed by atoms with Gasteiger partial charge in [-0.1, -0.05) is 0 Å². The van der Waals surface area contributed by atoms with E-state index in [1.165, 1.54) is 18.2 Å². The van der Waals surface area contributed by atoms with Gasteiger partial charge in [0.25, 0.3) is 0 Å². The highest BCUT2D eigenvalue weighted by Crippen LogP contribution is 2.35. The molecule has 0 saturated carbocycles. The zero-order valence-corrected chi connectivity index (χ0v) is 18.8. The van der Waals surface area contributed by atoms with E-state index >= 15 is 0 Å². The number of aromatic carboxylic acids is 1. The molecule has 0 atom stereocenters. The fourth-order valence-electron chi connectivity index (χ4n) is 3.05. The SMILES string of the molecule is CC(=O)c1ccc(OCCCOc2cc(NC(=O)C(=O)O)ccc2C(=O)O)c(CCC(F)(F)F)c1O. The number of ketones is 1. The summed E-state index contributed by atoms with van der Waals surface area (Å²) in [5.74, 6) is -5.76. The fraction of sp³-hybridized carbons (Fsp3) is 0.304. The lowest BCUT2D eigenvalue weighted by Crippen LogP contribution is -2.22. The van der Waals surface area contributed by atoms with Gasteiger partial charge in [-0.05, 0) is 37.6 Å². The first-order valence-corrected chi connectivity index (χ1v) is 10.4. The van der Waals surface area contributed by atoms with Crippen LogP contribution in [-0.2, 0) is 16.0 Å². The Morgan fingerprint density at radius 1 is 0.944 bits per heavy atom. The molecule has 0 aliphatic rings. The maximum atomic E-state index is 12.7. The van der Waals surface area contributed by atoms with E-state index in [0.717, 1.165) is 19.1 Å². The molecule has 194 valence electrons. The Bertz CT molecular complexity index is 1160. The summed E-state index contributed by atoms with van der Waals surface area (Å²) in [5, 5.41) is 30.3. The number of aromatic hydroxyl groups is 1. The smallest absolute Gasteiger partial charge is 0.394 e. The first kappa shape index (κ1) is 28.0. The lowest BCUT2D eigenvalue weighted by Gasteiger charge is -2.16. The topological polar surface area (TPSA) is 159 Å². The number of carboxylic acid groups (broad SMARTS) is 2. The van der Waals surface area contributed by atoms with E-state index in [0.29, 0.717) is 0 Å². The molecule has 1 amide bonds. The van der Waals surface area contributed by atoms with Crippen LogP contribution in [0.4, 0.5) is 18.9 Å². The van der Waals surface area contributed by atoms with Gasteiger partial charge in [-0.25, -0.2) is 9.59 Å². The summed E-state index contributed by atoms with van der Waals surface area (Å²) in [4.78, 5) is 45.0. The van der Waals surface area contributed by atoms with E-state index < -0.39 is 48.4 Å². The van der Waals surface area contributed by atoms with Gasteiger partial charge in [-0.3, -0.25) is 9.59 Å². The van der Waals surface area contributed by atoms with E-state index in [9.17, 15) is 42.6 Å². The third kappa shape index (κ3) is 7.89. The van der Waals surface area contributed by atoms with Crippen LogP contribution in [0.3, 0.4) is 0 Å². The Kier molecular flexibility index (Phi) is 9.25. The third-order valence-electron chi connectivity index (χ3n) is 4.75. The van der Waals surface area contributed by atoms with Crippen molar-refractivity contribution in [3.05, 3.63) is 47.0 Å². The molecule has 0 radical (unpaired) electrons. The number of carboxylic acids is 2. The molecule has 0 bridgehead atoms. The highest BCUT2D eigenvalue weighted by Gasteiger charge is 2.29. The molecule has 13 heteroatoms. The predicted octanol–water partition coefficient (Wildman–Crippen LogP) is 3.66. The van der Waals surface area contributed by atoms with E-state index in [1.807, 2.05) is 0 Å². The molecule has 2 aromatic carbocycles. The lowest BCUT2D eigenvalue weighted by atomic mass is 10.0. The number of amides is 1. The second kappa shape index (κ2) is 11.9. The lowest BCUT2D eigenvalue weighted by molar-refractivity contribution is -0.147. The molecule has 4 N–H and O–H groups in total. The minimum atomic E-state index is -4.50. The Labute approximate surface area is 202 Å². The number of phenolic OH excluding ortho intramolecular Hbond substituents is 1. The number of ether oxygens (including phenoxy) is 2. The van der Waals surface area contributed by atoms with Gasteiger partial charge in [0.05, 0.1) is 18.8 Å². The highest BCUT2D eigenvalue weighted by atomic mass is 19.4. The van der Waals surface area contributed by atoms with Gasteiger partial charge in [-0.15, -0.1) is 0 Å². The number of carbonyl (C=O) groups excluding carboxylic acids is 2. The molecule has 0 fully saturated rings. The molecule has 2 rings (SSSR count). The van der Waals surface area contributed by atoms with Crippen LogP contribution in [0.1, 0.15) is 46.0 Å². The molecule has 0 spiro atoms. The summed E-state index contributed by atoms with van der Waals surface area (Å²) >= 11 is 0. The number of nitrogens with one attached hydrogen (secondary N) is 1. The first-order chi connectivity index (χ1) is 16.8. The summed E-state index contributed by atoms with van der Waals surface area (Å²) in [6.07, 6.45) is -6.23. The van der Waals surface area contributed by atoms with Crippen molar-refractivity contribution in [1.29, 1.82) is 0 Å². The Morgan fingerprint density at radius 2 is 1.56 bits per heavy atom. The summed E-state index contributed by atoms with van der Waals surface area (Å²) in [7, 11) is 0. The third-order valence-corrected chi connectivity index (χ3v) is 4.75. The van der Waals surface area contributed by atoms with Gasteiger partial charge in [-0.2, -0.15) is 13.2 Å². The quantitative estimate of drug-likeness (QED) is 0.200. The average Bonchev–Trinajstić information content (AvgIpc) is 2.77. The number of halogens is 3. The molecule has 10 nitrogen and oxygen atoms in total. The molecule has 0 aliphatic heterocycles. The molecule has 36 heavy (non-hydrogen) atoms. The number of rotatable bonds is 11. The van der Waals surface area contributed by atoms with Crippen molar-refractivity contribution in [3.8, 4) is 17.2 Å². The van der Waals surface area contributed by atoms with Crippen LogP contribution >= 0.6 is 0 Å². The standard InChI is InChI=1S/C23H22F3NO9/c1-12(28)14-5-6-17(15(19(14)29)7-8-23(24,25)26)35-9-2-10-36-18-11-13(27-20(30)22(33)34)3-4-16(18)21(31)32/h3-6,11,29H,2,7-10H2,1H3,(H,27,30)(H,31,32)(H,33,34). The van der Waals surface area contributed by atoms with Crippen LogP contribution in [0.2, 0.25) is 0 Å². The normalized spacial score (nSPS) is 11.0. The van der Waals surface area contributed by atoms with Crippen molar-refractivity contribution >= 4 is 29.3 Å². The van der Waals surface area contributed by atoms with Crippen molar-refractivity contribution in [2.45, 2.75) is 32.4 Å². The Balaban J connectivity index is 2.07. The molecule has 0 saturated heterocycles. The van der Waals surface area contributed by atoms with Crippen LogP contribution < -0.4 is 14.8 Å². The van der Waals surface area contributed by atoms with E-state index in [-0.39, 0.29) is 53.5 Å². The van der Waals surface area contributed by atoms with Crippen LogP contribution in [0, 0.1) is 0 Å². The van der Waals surface area contributed by atoms with Gasteiger partial charge in [0.1, 0.15) is 22.8 Å². The second-order valence-corrected chi connectivity index (χ2v) is 7.44. The maximum Gasteiger partial charge on any atom is 0.394 e. The fourth-order valence-corrected chi connectivity index (χ4v) is 3.05. The monoisotopic (exact) mass is 513 g/mol. The largest absolute Gasteiger partial charge is 0.507 e. The summed E-state index contributed by atoms with van der Waals surface area (Å²) in [6.45, 7) is 0.940. The van der Waals surface area contributed by atoms with Gasteiger partial charge in [0, 0.05) is 30.2 Å². The van der Waals surface area contributed by atoms with Crippen molar-refractivity contribution in [2.75, 3.05) is 18.5 Å². The number of hydrogen-bond donors (Lipinski definition) is 4. The summed E-state index contributed by atoms with van der Waals surface area (Å²) < 4.78 is 49.0. The van der Waals surface area contributed by atoms with Crippen molar-refractivity contribution in [1.82, 2.24) is 0 Å². The molecule has 2 aromatic rings. The van der Waals surface area contributed by atoms with Crippen LogP contribution in [-0.4, -0.2) is 58.3 Å². The Hall–Kier alpha value is -4.29. The molecule has 0 unspecified atom stereocenters. The van der Waals surface area contributed by atoms with Crippen LogP contribution in [0.5, 0.6) is 17.2 Å². The van der Waals surface area contributed by atoms with Gasteiger partial charge in [0.15, 0.2) is 5.78 Å². The molecular weight excluding hydrogens is 491 g/mol. The second-order valence-electron chi connectivity index (χ2n) is 7.44. The van der Waals surface area contributed by atoms with Gasteiger partial charge in [0.2, 0.25) is 0 Å². The maximum absolute atomic E-state index is 12.7. The number of hydrogen-bond acceptors (Lipinski definition) is 7. The van der Waals surface area contributed by atoms with Crippen molar-refractivity contribution in [3.63, 3.8) is 0 Å². The Morgan fingerprint density at radius 3 is 2.11 bits per heavy atom. The molecule has 0 aliphatic carbocycles. The summed E-state index contributed by atoms with van der Waals surface area (Å²) in [6, 6.07) is 5.92. The number of aliphatic carboxylic acids is 1. The molecular formula is C23H22F3NO9. The zero-order chi connectivity index (χ0) is 27.0. The summed E-state index contributed by atoms with van der Waals surface area (Å²) in [5.41, 5.74) is -0.590. The average molecular weight is 513 g/mol. The van der Waals surface area contributed by atoms with Gasteiger partial charge < -0.3 is 30.1 Å². The number of phenols is 1. The first-order valence-electron chi connectivity index (χ1n) is 10.4. The molecule has 0 aromatic heterocycles. The number of alkyl halides is 3. The number of Topliss-reactive ketones (excluding diaryl/α,β-unsaturated/α-hetero) is 1. The molecule has 0 heterocycles. The zero-order valence-electron chi connectivity index (χ0n) is 18.8. The van der Waals surface area contributed by atoms with Crippen LogP contribution in [0.15, 0.2) is 30.3 Å². The number of anilines is 1. The number of benzene rings is 2. The van der Waals surface area contributed by atoms with Gasteiger partial charge >= 0.3 is 24.0 Å². The minimum absolute atomic E-state index is 0.0195. The minimum Gasteiger partial charge on any atom is -0.507 e. The van der Waals surface area contributed by atoms with Crippen molar-refractivity contribution in [2.24, 2.45) is 0 Å². The van der Waals surface area contributed by atoms with E-state index in [4.69, 9.17) is 14.6 Å². The number of carbonyl (C=O) groups is 4.